The highest BCUT2D eigenvalue weighted by Crippen LogP contribution is 2.57. The molecule has 180 valence electrons. The maximum Gasteiger partial charge on any atom is 0.261 e. The van der Waals surface area contributed by atoms with Crippen LogP contribution in [0.5, 0.6) is 5.75 Å². The molecule has 0 saturated carbocycles. The first kappa shape index (κ1) is 22.1. The Kier molecular flexibility index (Phi) is 4.92. The fourth-order valence-electron chi connectivity index (χ4n) is 6.84. The molecule has 2 aliphatic carbocycles. The van der Waals surface area contributed by atoms with Crippen molar-refractivity contribution in [3.8, 4) is 5.75 Å². The first-order chi connectivity index (χ1) is 16.8. The molecule has 2 bridgehead atoms. The fraction of sp³-hybridized carbons (Fsp3) is 0.357. The molecular formula is C28H29N3O4. The second-order valence-corrected chi connectivity index (χ2v) is 10.2. The zero-order valence-electron chi connectivity index (χ0n) is 19.7. The smallest absolute Gasteiger partial charge is 0.261 e. The Bertz CT molecular complexity index is 1380. The summed E-state index contributed by atoms with van der Waals surface area (Å²) in [5, 5.41) is 12.7. The third-order valence-corrected chi connectivity index (χ3v) is 8.54. The maximum absolute atomic E-state index is 12.7. The van der Waals surface area contributed by atoms with Gasteiger partial charge in [-0.3, -0.25) is 14.5 Å². The number of rotatable bonds is 4. The van der Waals surface area contributed by atoms with E-state index in [1.54, 1.807) is 13.2 Å². The number of methoxy groups -OCH3 is 1. The molecule has 3 aromatic rings. The molecule has 0 unspecified atom stereocenters. The van der Waals surface area contributed by atoms with Gasteiger partial charge in [-0.2, -0.15) is 0 Å². The number of nitrogens with zero attached hydrogens (tertiary/aromatic N) is 1. The number of hydrogen-bond acceptors (Lipinski definition) is 5. The van der Waals surface area contributed by atoms with Crippen molar-refractivity contribution < 1.29 is 14.6 Å². The van der Waals surface area contributed by atoms with Gasteiger partial charge in [-0.1, -0.05) is 36.4 Å². The molecule has 6 rings (SSSR count). The van der Waals surface area contributed by atoms with E-state index in [4.69, 9.17) is 10.5 Å². The summed E-state index contributed by atoms with van der Waals surface area (Å²) in [4.78, 5) is 29.8. The van der Waals surface area contributed by atoms with E-state index in [0.29, 0.717) is 19.3 Å². The first-order valence-corrected chi connectivity index (χ1v) is 12.1. The second kappa shape index (κ2) is 7.80. The number of carbonyl (C=O) groups is 1. The Hall–Kier alpha value is -3.42. The monoisotopic (exact) mass is 471 g/mol. The van der Waals surface area contributed by atoms with Gasteiger partial charge in [0.15, 0.2) is 0 Å². The maximum atomic E-state index is 12.7. The minimum atomic E-state index is -1.08. The predicted octanol–water partition coefficient (Wildman–Crippen LogP) is 2.08. The zero-order valence-corrected chi connectivity index (χ0v) is 19.7. The number of ether oxygens (including phenoxy) is 1. The minimum absolute atomic E-state index is 0.0625. The number of piperidine rings is 1. The van der Waals surface area contributed by atoms with Crippen LogP contribution in [-0.4, -0.2) is 46.2 Å². The third-order valence-electron chi connectivity index (χ3n) is 8.54. The summed E-state index contributed by atoms with van der Waals surface area (Å²) < 4.78 is 5.56. The highest BCUT2D eigenvalue weighted by molar-refractivity contribution is 5.92. The summed E-state index contributed by atoms with van der Waals surface area (Å²) in [6.07, 6.45) is 2.28. The lowest BCUT2D eigenvalue weighted by Gasteiger charge is -2.63. The van der Waals surface area contributed by atoms with E-state index in [2.05, 4.69) is 34.1 Å². The largest absolute Gasteiger partial charge is 0.497 e. The highest BCUT2D eigenvalue weighted by Gasteiger charge is 2.64. The van der Waals surface area contributed by atoms with Crippen LogP contribution in [0, 0.1) is 0 Å². The van der Waals surface area contributed by atoms with Crippen molar-refractivity contribution in [3.05, 3.63) is 98.5 Å². The number of nitrogens with one attached hydrogen (secondary N) is 1. The van der Waals surface area contributed by atoms with Crippen molar-refractivity contribution in [1.82, 2.24) is 9.88 Å². The van der Waals surface area contributed by atoms with Crippen molar-refractivity contribution >= 4 is 5.91 Å². The summed E-state index contributed by atoms with van der Waals surface area (Å²) in [5.74, 6) is -0.0000390. The van der Waals surface area contributed by atoms with E-state index in [9.17, 15) is 14.7 Å². The quantitative estimate of drug-likeness (QED) is 0.540. The average Bonchev–Trinajstić information content (AvgIpc) is 2.84. The summed E-state index contributed by atoms with van der Waals surface area (Å²) >= 11 is 0. The van der Waals surface area contributed by atoms with E-state index in [0.717, 1.165) is 42.1 Å². The number of H-pyrrole nitrogens is 1. The molecule has 1 fully saturated rings. The fourth-order valence-corrected chi connectivity index (χ4v) is 6.84. The number of aliphatic hydroxyl groups is 1. The SMILES string of the molecule is COc1ccc2c(c1)[C@]13CCN(Cc4ccccc4)[C@H](C2)[C@]1(O)Cc1cc(C(N)=O)c(=O)[nH]c1C3. The topological polar surface area (TPSA) is 109 Å². The number of amides is 1. The summed E-state index contributed by atoms with van der Waals surface area (Å²) in [7, 11) is 1.65. The molecule has 1 saturated heterocycles. The van der Waals surface area contributed by atoms with Crippen LogP contribution in [0.15, 0.2) is 59.4 Å². The molecule has 2 heterocycles. The van der Waals surface area contributed by atoms with Gasteiger partial charge in [-0.25, -0.2) is 0 Å². The van der Waals surface area contributed by atoms with Gasteiger partial charge in [0.2, 0.25) is 0 Å². The van der Waals surface area contributed by atoms with Gasteiger partial charge in [-0.05, 0) is 59.8 Å². The molecule has 2 aromatic carbocycles. The predicted molar refractivity (Wildman–Crippen MR) is 132 cm³/mol. The third kappa shape index (κ3) is 3.18. The molecule has 0 radical (unpaired) electrons. The lowest BCUT2D eigenvalue weighted by atomic mass is 9.49. The van der Waals surface area contributed by atoms with Crippen LogP contribution in [0.1, 0.15) is 44.7 Å². The van der Waals surface area contributed by atoms with E-state index in [1.807, 2.05) is 24.3 Å². The van der Waals surface area contributed by atoms with Crippen molar-refractivity contribution in [3.63, 3.8) is 0 Å². The number of fused-ring (bicyclic) bond motifs is 2. The number of aromatic nitrogens is 1. The zero-order chi connectivity index (χ0) is 24.4. The van der Waals surface area contributed by atoms with Crippen molar-refractivity contribution in [1.29, 1.82) is 0 Å². The van der Waals surface area contributed by atoms with Crippen molar-refractivity contribution in [2.24, 2.45) is 5.73 Å². The lowest BCUT2D eigenvalue weighted by Crippen LogP contribution is -2.74. The molecule has 4 N–H and O–H groups in total. The molecule has 35 heavy (non-hydrogen) atoms. The number of likely N-dealkylation sites (tertiary alicyclic amines) is 1. The van der Waals surface area contributed by atoms with E-state index in [-0.39, 0.29) is 11.6 Å². The molecule has 7 nitrogen and oxygen atoms in total. The normalized spacial score (nSPS) is 26.9. The summed E-state index contributed by atoms with van der Waals surface area (Å²) in [5.41, 5.74) is 8.34. The van der Waals surface area contributed by atoms with Crippen LogP contribution >= 0.6 is 0 Å². The first-order valence-electron chi connectivity index (χ1n) is 12.1. The summed E-state index contributed by atoms with van der Waals surface area (Å²) in [6, 6.07) is 18.0. The molecule has 3 atom stereocenters. The van der Waals surface area contributed by atoms with Crippen LogP contribution in [0.25, 0.3) is 0 Å². The van der Waals surface area contributed by atoms with Crippen molar-refractivity contribution in [2.75, 3.05) is 13.7 Å². The molecule has 0 spiro atoms. The summed E-state index contributed by atoms with van der Waals surface area (Å²) in [6.45, 7) is 1.58. The lowest BCUT2D eigenvalue weighted by molar-refractivity contribution is -0.153. The van der Waals surface area contributed by atoms with E-state index < -0.39 is 22.5 Å². The molecular weight excluding hydrogens is 442 g/mol. The average molecular weight is 472 g/mol. The van der Waals surface area contributed by atoms with Crippen LogP contribution in [0.2, 0.25) is 0 Å². The standard InChI is InChI=1S/C28H29N3O4/c1-35-20-8-7-18-12-24-28(34)14-19-11-21(25(29)32)26(33)30-23(19)15-27(28,22(18)13-20)9-10-31(24)16-17-5-3-2-4-6-17/h2-8,11,13,24,34H,9-10,12,14-16H2,1H3,(H2,29,32)(H,30,33)/t24-,27-,28-/m1/s1. The molecule has 1 aliphatic heterocycles. The van der Waals surface area contributed by atoms with Gasteiger partial charge in [0.05, 0.1) is 12.7 Å². The number of aromatic amines is 1. The number of hydrogen-bond donors (Lipinski definition) is 3. The van der Waals surface area contributed by atoms with E-state index in [1.165, 1.54) is 11.1 Å². The molecule has 7 heteroatoms. The van der Waals surface area contributed by atoms with Crippen LogP contribution in [-0.2, 0) is 31.2 Å². The van der Waals surface area contributed by atoms with Gasteiger partial charge >= 0.3 is 0 Å². The molecule has 1 amide bonds. The Morgan fingerprint density at radius 2 is 1.97 bits per heavy atom. The number of pyridine rings is 1. The number of carbonyl (C=O) groups excluding carboxylic acids is 1. The Morgan fingerprint density at radius 1 is 1.17 bits per heavy atom. The number of nitrogens with two attached hydrogens (primary N) is 1. The highest BCUT2D eigenvalue weighted by atomic mass is 16.5. The van der Waals surface area contributed by atoms with Crippen LogP contribution in [0.3, 0.4) is 0 Å². The Balaban J connectivity index is 1.52. The molecule has 3 aliphatic rings. The van der Waals surface area contributed by atoms with Crippen molar-refractivity contribution in [2.45, 2.75) is 49.3 Å². The van der Waals surface area contributed by atoms with Gasteiger partial charge in [0.1, 0.15) is 11.3 Å². The second-order valence-electron chi connectivity index (χ2n) is 10.2. The Morgan fingerprint density at radius 3 is 2.71 bits per heavy atom. The van der Waals surface area contributed by atoms with E-state index >= 15 is 0 Å². The number of benzene rings is 2. The minimum Gasteiger partial charge on any atom is -0.497 e. The van der Waals surface area contributed by atoms with Gasteiger partial charge in [-0.15, -0.1) is 0 Å². The Labute approximate surface area is 203 Å². The van der Waals surface area contributed by atoms with Gasteiger partial charge < -0.3 is 20.6 Å². The molecule has 1 aromatic heterocycles. The van der Waals surface area contributed by atoms with Crippen LogP contribution < -0.4 is 16.0 Å². The van der Waals surface area contributed by atoms with Crippen LogP contribution in [0.4, 0.5) is 0 Å². The van der Waals surface area contributed by atoms with Gasteiger partial charge in [0, 0.05) is 36.5 Å². The number of primary amides is 1. The van der Waals surface area contributed by atoms with Gasteiger partial charge in [0.25, 0.3) is 11.5 Å².